The van der Waals surface area contributed by atoms with Crippen LogP contribution >= 0.6 is 12.4 Å². The normalized spacial score (nSPS) is 24.8. The van der Waals surface area contributed by atoms with E-state index >= 15 is 0 Å². The van der Waals surface area contributed by atoms with Crippen LogP contribution in [0.2, 0.25) is 0 Å². The Kier molecular flexibility index (Phi) is 6.24. The Morgan fingerprint density at radius 2 is 1.88 bits per heavy atom. The van der Waals surface area contributed by atoms with E-state index in [1.54, 1.807) is 32.3 Å². The summed E-state index contributed by atoms with van der Waals surface area (Å²) >= 11 is 0. The van der Waals surface area contributed by atoms with Crippen molar-refractivity contribution in [2.75, 3.05) is 19.4 Å². The molecule has 1 aromatic rings. The summed E-state index contributed by atoms with van der Waals surface area (Å²) in [6.45, 7) is 0. The maximum Gasteiger partial charge on any atom is 0.253 e. The lowest BCUT2D eigenvalue weighted by molar-refractivity contribution is -0.117. The highest BCUT2D eigenvalue weighted by molar-refractivity contribution is 5.97. The van der Waals surface area contributed by atoms with Crippen molar-refractivity contribution in [1.82, 2.24) is 10.2 Å². The van der Waals surface area contributed by atoms with E-state index in [0.717, 1.165) is 12.8 Å². The highest BCUT2D eigenvalue weighted by atomic mass is 35.5. The summed E-state index contributed by atoms with van der Waals surface area (Å²) in [5.41, 5.74) is 1.28. The Morgan fingerprint density at radius 3 is 2.50 bits per heavy atom. The van der Waals surface area contributed by atoms with E-state index in [0.29, 0.717) is 35.7 Å². The zero-order valence-electron chi connectivity index (χ0n) is 14.2. The molecule has 0 aromatic heterocycles. The lowest BCUT2D eigenvalue weighted by Crippen LogP contribution is -2.39. The number of nitrogens with zero attached hydrogens (tertiary/aromatic N) is 1. The summed E-state index contributed by atoms with van der Waals surface area (Å²) < 4.78 is 0. The molecule has 2 saturated heterocycles. The molecule has 2 heterocycles. The highest BCUT2D eigenvalue weighted by Crippen LogP contribution is 2.32. The van der Waals surface area contributed by atoms with Gasteiger partial charge in [-0.15, -0.1) is 12.4 Å². The molecule has 0 spiro atoms. The van der Waals surface area contributed by atoms with E-state index in [4.69, 9.17) is 0 Å². The molecule has 2 fully saturated rings. The number of rotatable bonds is 4. The fourth-order valence-corrected chi connectivity index (χ4v) is 3.80. The summed E-state index contributed by atoms with van der Waals surface area (Å²) in [6.07, 6.45) is 5.27. The fraction of sp³-hybridized carbons (Fsp3) is 0.556. The standard InChI is InChI=1S/C18H25N3O2.ClH/c1-21(2)18(23)13-4-3-5-14(11-13)20-17(22)10-12-8-15-6-7-16(9-12)19-15;/h3-5,11-12,15-16,19H,6-10H2,1-2H3,(H,20,22);1H. The molecular weight excluding hydrogens is 326 g/mol. The molecule has 0 saturated carbocycles. The van der Waals surface area contributed by atoms with Gasteiger partial charge in [-0.2, -0.15) is 0 Å². The van der Waals surface area contributed by atoms with Gasteiger partial charge in [-0.1, -0.05) is 6.07 Å². The Labute approximate surface area is 149 Å². The molecular formula is C18H26ClN3O2. The zero-order valence-corrected chi connectivity index (χ0v) is 15.1. The Balaban J connectivity index is 0.00000208. The number of carbonyl (C=O) groups is 2. The molecule has 0 radical (unpaired) electrons. The Bertz CT molecular complexity index is 594. The average Bonchev–Trinajstić information content (AvgIpc) is 2.85. The van der Waals surface area contributed by atoms with Gasteiger partial charge in [0.05, 0.1) is 0 Å². The molecule has 2 aliphatic heterocycles. The van der Waals surface area contributed by atoms with Crippen molar-refractivity contribution in [3.63, 3.8) is 0 Å². The van der Waals surface area contributed by atoms with Crippen LogP contribution in [-0.2, 0) is 4.79 Å². The number of halogens is 1. The van der Waals surface area contributed by atoms with Crippen molar-refractivity contribution in [1.29, 1.82) is 0 Å². The van der Waals surface area contributed by atoms with Gasteiger partial charge in [0.2, 0.25) is 5.91 Å². The van der Waals surface area contributed by atoms with E-state index in [2.05, 4.69) is 10.6 Å². The molecule has 2 unspecified atom stereocenters. The monoisotopic (exact) mass is 351 g/mol. The lowest BCUT2D eigenvalue weighted by Gasteiger charge is -2.28. The van der Waals surface area contributed by atoms with Crippen LogP contribution in [-0.4, -0.2) is 42.9 Å². The van der Waals surface area contributed by atoms with Crippen molar-refractivity contribution >= 4 is 29.9 Å². The van der Waals surface area contributed by atoms with Crippen LogP contribution in [0.5, 0.6) is 0 Å². The fourth-order valence-electron chi connectivity index (χ4n) is 3.80. The largest absolute Gasteiger partial charge is 0.345 e. The minimum atomic E-state index is -0.0592. The van der Waals surface area contributed by atoms with Crippen LogP contribution in [0.1, 0.15) is 42.5 Å². The number of anilines is 1. The second-order valence-corrected chi connectivity index (χ2v) is 7.01. The molecule has 2 bridgehead atoms. The topological polar surface area (TPSA) is 61.4 Å². The van der Waals surface area contributed by atoms with Gasteiger partial charge in [-0.3, -0.25) is 9.59 Å². The maximum atomic E-state index is 12.3. The maximum absolute atomic E-state index is 12.3. The molecule has 132 valence electrons. The predicted octanol–water partition coefficient (Wildman–Crippen LogP) is 2.67. The quantitative estimate of drug-likeness (QED) is 0.876. The minimum Gasteiger partial charge on any atom is -0.345 e. The van der Waals surface area contributed by atoms with E-state index in [-0.39, 0.29) is 24.2 Å². The van der Waals surface area contributed by atoms with Crippen LogP contribution in [0, 0.1) is 5.92 Å². The number of hydrogen-bond donors (Lipinski definition) is 2. The summed E-state index contributed by atoms with van der Waals surface area (Å²) in [7, 11) is 3.44. The van der Waals surface area contributed by atoms with Crippen molar-refractivity contribution in [3.8, 4) is 0 Å². The lowest BCUT2D eigenvalue weighted by atomic mass is 9.89. The molecule has 2 amide bonds. The number of nitrogens with one attached hydrogen (secondary N) is 2. The first-order valence-corrected chi connectivity index (χ1v) is 8.39. The summed E-state index contributed by atoms with van der Waals surface area (Å²) in [5, 5.41) is 6.54. The second-order valence-electron chi connectivity index (χ2n) is 7.01. The molecule has 0 aliphatic carbocycles. The summed E-state index contributed by atoms with van der Waals surface area (Å²) in [6, 6.07) is 8.35. The van der Waals surface area contributed by atoms with Crippen LogP contribution in [0.25, 0.3) is 0 Å². The predicted molar refractivity (Wildman–Crippen MR) is 97.6 cm³/mol. The molecule has 1 aromatic carbocycles. The van der Waals surface area contributed by atoms with Crippen molar-refractivity contribution in [3.05, 3.63) is 29.8 Å². The average molecular weight is 352 g/mol. The first-order valence-electron chi connectivity index (χ1n) is 8.39. The highest BCUT2D eigenvalue weighted by Gasteiger charge is 2.34. The van der Waals surface area contributed by atoms with Crippen LogP contribution < -0.4 is 10.6 Å². The van der Waals surface area contributed by atoms with Gasteiger partial charge in [0, 0.05) is 43.9 Å². The Morgan fingerprint density at radius 1 is 1.21 bits per heavy atom. The number of amides is 2. The SMILES string of the molecule is CN(C)C(=O)c1cccc(NC(=O)CC2CC3CCC(C2)N3)c1.Cl. The first kappa shape index (κ1) is 18.7. The van der Waals surface area contributed by atoms with Gasteiger partial charge >= 0.3 is 0 Å². The zero-order chi connectivity index (χ0) is 16.4. The van der Waals surface area contributed by atoms with Crippen molar-refractivity contribution < 1.29 is 9.59 Å². The van der Waals surface area contributed by atoms with Crippen LogP contribution in [0.3, 0.4) is 0 Å². The molecule has 2 atom stereocenters. The van der Waals surface area contributed by atoms with Gasteiger partial charge in [0.25, 0.3) is 5.91 Å². The van der Waals surface area contributed by atoms with Gasteiger partial charge in [-0.05, 0) is 49.8 Å². The van der Waals surface area contributed by atoms with Gasteiger partial charge in [0.15, 0.2) is 0 Å². The van der Waals surface area contributed by atoms with Crippen molar-refractivity contribution in [2.45, 2.75) is 44.2 Å². The first-order chi connectivity index (χ1) is 11.0. The van der Waals surface area contributed by atoms with E-state index in [1.165, 1.54) is 17.7 Å². The smallest absolute Gasteiger partial charge is 0.253 e. The van der Waals surface area contributed by atoms with Gasteiger partial charge in [0.1, 0.15) is 0 Å². The molecule has 24 heavy (non-hydrogen) atoms. The van der Waals surface area contributed by atoms with E-state index in [9.17, 15) is 9.59 Å². The van der Waals surface area contributed by atoms with E-state index < -0.39 is 0 Å². The molecule has 5 nitrogen and oxygen atoms in total. The third kappa shape index (κ3) is 4.48. The number of fused-ring (bicyclic) bond motifs is 2. The number of carbonyl (C=O) groups excluding carboxylic acids is 2. The van der Waals surface area contributed by atoms with E-state index in [1.807, 2.05) is 6.07 Å². The minimum absolute atomic E-state index is 0. The number of benzene rings is 1. The molecule has 2 aliphatic rings. The number of piperidine rings is 1. The summed E-state index contributed by atoms with van der Waals surface area (Å²) in [5.74, 6) is 0.460. The molecule has 3 rings (SSSR count). The second kappa shape index (κ2) is 7.99. The van der Waals surface area contributed by atoms with Gasteiger partial charge in [-0.25, -0.2) is 0 Å². The van der Waals surface area contributed by atoms with Crippen LogP contribution in [0.4, 0.5) is 5.69 Å². The van der Waals surface area contributed by atoms with Crippen molar-refractivity contribution in [2.24, 2.45) is 5.92 Å². The third-order valence-corrected chi connectivity index (χ3v) is 4.84. The van der Waals surface area contributed by atoms with Crippen LogP contribution in [0.15, 0.2) is 24.3 Å². The molecule has 6 heteroatoms. The third-order valence-electron chi connectivity index (χ3n) is 4.84. The molecule has 2 N–H and O–H groups in total. The summed E-state index contributed by atoms with van der Waals surface area (Å²) in [4.78, 5) is 25.8. The number of hydrogen-bond acceptors (Lipinski definition) is 3. The Hall–Kier alpha value is -1.59. The van der Waals surface area contributed by atoms with Gasteiger partial charge < -0.3 is 15.5 Å².